The summed E-state index contributed by atoms with van der Waals surface area (Å²) in [7, 11) is 0. The van der Waals surface area contributed by atoms with Gasteiger partial charge in [0.1, 0.15) is 12.3 Å². The normalized spacial score (nSPS) is 11.1. The first kappa shape index (κ1) is 18.0. The molecule has 0 fully saturated rings. The van der Waals surface area contributed by atoms with E-state index >= 15 is 0 Å². The van der Waals surface area contributed by atoms with E-state index in [9.17, 15) is 9.59 Å². The van der Waals surface area contributed by atoms with Crippen LogP contribution in [0.2, 0.25) is 0 Å². The number of oxazole rings is 1. The predicted molar refractivity (Wildman–Crippen MR) is 95.7 cm³/mol. The fraction of sp³-hybridized carbons (Fsp3) is 0.368. The number of nitrogens with zero attached hydrogens (tertiary/aromatic N) is 2. The molecule has 0 atom stereocenters. The van der Waals surface area contributed by atoms with Crippen LogP contribution in [0.4, 0.5) is 0 Å². The van der Waals surface area contributed by atoms with E-state index in [2.05, 4.69) is 0 Å². The van der Waals surface area contributed by atoms with Crippen molar-refractivity contribution >= 4 is 17.0 Å². The lowest BCUT2D eigenvalue weighted by Crippen LogP contribution is -2.36. The summed E-state index contributed by atoms with van der Waals surface area (Å²) in [6, 6.07) is 10.7. The summed E-state index contributed by atoms with van der Waals surface area (Å²) >= 11 is 0. The van der Waals surface area contributed by atoms with E-state index in [0.717, 1.165) is 0 Å². The molecule has 0 N–H and O–H groups in total. The molecule has 2 aromatic heterocycles. The summed E-state index contributed by atoms with van der Waals surface area (Å²) in [5, 5.41) is 0. The minimum atomic E-state index is -0.535. The van der Waals surface area contributed by atoms with Gasteiger partial charge in [0.15, 0.2) is 5.58 Å². The Hall–Kier alpha value is -2.80. The topological polar surface area (TPSA) is 77.8 Å². The summed E-state index contributed by atoms with van der Waals surface area (Å²) in [5.41, 5.74) is 1.08. The lowest BCUT2D eigenvalue weighted by atomic mass is 10.3. The number of hydrogen-bond acceptors (Lipinski definition) is 5. The molecular formula is C19H22N2O5. The molecule has 0 aliphatic rings. The quantitative estimate of drug-likeness (QED) is 0.550. The van der Waals surface area contributed by atoms with Gasteiger partial charge in [-0.1, -0.05) is 12.1 Å². The van der Waals surface area contributed by atoms with Crippen LogP contribution in [0.1, 0.15) is 19.1 Å². The number of para-hydroxylation sites is 2. The maximum atomic E-state index is 12.8. The van der Waals surface area contributed by atoms with E-state index < -0.39 is 5.76 Å². The highest BCUT2D eigenvalue weighted by atomic mass is 16.5. The van der Waals surface area contributed by atoms with Crippen LogP contribution in [0.3, 0.4) is 0 Å². The number of aromatic nitrogens is 1. The molecule has 1 aromatic carbocycles. The minimum absolute atomic E-state index is 0.0782. The molecule has 0 radical (unpaired) electrons. The van der Waals surface area contributed by atoms with Crippen molar-refractivity contribution in [3.63, 3.8) is 0 Å². The molecule has 26 heavy (non-hydrogen) atoms. The van der Waals surface area contributed by atoms with E-state index in [1.165, 1.54) is 4.57 Å². The van der Waals surface area contributed by atoms with Gasteiger partial charge < -0.3 is 18.5 Å². The third kappa shape index (κ3) is 4.23. The Morgan fingerprint density at radius 2 is 2.08 bits per heavy atom. The summed E-state index contributed by atoms with van der Waals surface area (Å²) in [6.45, 7) is 3.94. The predicted octanol–water partition coefficient (Wildman–Crippen LogP) is 2.64. The first-order chi connectivity index (χ1) is 12.7. The Bertz CT molecular complexity index is 894. The second-order valence-corrected chi connectivity index (χ2v) is 5.87. The fourth-order valence-corrected chi connectivity index (χ4v) is 2.78. The van der Waals surface area contributed by atoms with Gasteiger partial charge in [0.25, 0.3) is 0 Å². The molecule has 0 aliphatic heterocycles. The van der Waals surface area contributed by atoms with Crippen LogP contribution in [-0.4, -0.2) is 35.1 Å². The Kier molecular flexibility index (Phi) is 5.91. The van der Waals surface area contributed by atoms with Crippen LogP contribution < -0.4 is 5.76 Å². The number of rotatable bonds is 9. The number of carbonyl (C=O) groups is 1. The van der Waals surface area contributed by atoms with Gasteiger partial charge in [0, 0.05) is 19.8 Å². The minimum Gasteiger partial charge on any atom is -0.467 e. The van der Waals surface area contributed by atoms with Gasteiger partial charge in [0.2, 0.25) is 5.91 Å². The molecule has 7 nitrogen and oxygen atoms in total. The molecule has 0 bridgehead atoms. The third-order valence-corrected chi connectivity index (χ3v) is 4.07. The molecule has 1 amide bonds. The van der Waals surface area contributed by atoms with Crippen molar-refractivity contribution in [1.82, 2.24) is 9.47 Å². The Balaban J connectivity index is 1.75. The standard InChI is InChI=1S/C19H22N2O5/c1-2-24-11-6-10-20(13-15-7-5-12-25-15)18(22)14-21-16-8-3-4-9-17(16)26-19(21)23/h3-5,7-9,12H,2,6,10-11,13-14H2,1H3. The maximum Gasteiger partial charge on any atom is 0.420 e. The Labute approximate surface area is 150 Å². The first-order valence-electron chi connectivity index (χ1n) is 8.65. The lowest BCUT2D eigenvalue weighted by Gasteiger charge is -2.21. The second kappa shape index (κ2) is 8.53. The summed E-state index contributed by atoms with van der Waals surface area (Å²) in [6.07, 6.45) is 2.29. The van der Waals surface area contributed by atoms with E-state index in [-0.39, 0.29) is 12.5 Å². The number of fused-ring (bicyclic) bond motifs is 1. The van der Waals surface area contributed by atoms with E-state index in [1.54, 1.807) is 41.5 Å². The number of amides is 1. The SMILES string of the molecule is CCOCCCN(Cc1ccco1)C(=O)Cn1c(=O)oc2ccccc21. The average molecular weight is 358 g/mol. The highest BCUT2D eigenvalue weighted by molar-refractivity contribution is 5.79. The van der Waals surface area contributed by atoms with Gasteiger partial charge in [-0.3, -0.25) is 9.36 Å². The zero-order chi connectivity index (χ0) is 18.4. The zero-order valence-corrected chi connectivity index (χ0v) is 14.7. The van der Waals surface area contributed by atoms with Crippen molar-refractivity contribution in [2.24, 2.45) is 0 Å². The Morgan fingerprint density at radius 1 is 1.23 bits per heavy atom. The number of hydrogen-bond donors (Lipinski definition) is 0. The van der Waals surface area contributed by atoms with Crippen LogP contribution >= 0.6 is 0 Å². The van der Waals surface area contributed by atoms with Crippen molar-refractivity contribution in [3.8, 4) is 0 Å². The molecule has 0 saturated carbocycles. The van der Waals surface area contributed by atoms with Crippen molar-refractivity contribution < 1.29 is 18.4 Å². The average Bonchev–Trinajstić information content (AvgIpc) is 3.26. The molecule has 7 heteroatoms. The highest BCUT2D eigenvalue weighted by Crippen LogP contribution is 2.13. The number of ether oxygens (including phenoxy) is 1. The van der Waals surface area contributed by atoms with Crippen molar-refractivity contribution in [2.75, 3.05) is 19.8 Å². The molecule has 138 valence electrons. The van der Waals surface area contributed by atoms with Crippen LogP contribution in [0, 0.1) is 0 Å². The molecule has 0 aliphatic carbocycles. The van der Waals surface area contributed by atoms with Gasteiger partial charge in [-0.25, -0.2) is 4.79 Å². The van der Waals surface area contributed by atoms with Crippen LogP contribution in [0.15, 0.2) is 56.3 Å². The van der Waals surface area contributed by atoms with Gasteiger partial charge in [-0.05, 0) is 37.6 Å². The van der Waals surface area contributed by atoms with Crippen molar-refractivity contribution in [2.45, 2.75) is 26.4 Å². The zero-order valence-electron chi connectivity index (χ0n) is 14.7. The number of furan rings is 1. The largest absolute Gasteiger partial charge is 0.467 e. The first-order valence-corrected chi connectivity index (χ1v) is 8.65. The highest BCUT2D eigenvalue weighted by Gasteiger charge is 2.19. The summed E-state index contributed by atoms with van der Waals surface area (Å²) in [4.78, 5) is 26.6. The van der Waals surface area contributed by atoms with Gasteiger partial charge in [-0.2, -0.15) is 0 Å². The van der Waals surface area contributed by atoms with Crippen molar-refractivity contribution in [1.29, 1.82) is 0 Å². The van der Waals surface area contributed by atoms with Gasteiger partial charge in [0.05, 0.1) is 18.3 Å². The molecule has 0 saturated heterocycles. The van der Waals surface area contributed by atoms with E-state index in [0.29, 0.717) is 49.6 Å². The lowest BCUT2D eigenvalue weighted by molar-refractivity contribution is -0.133. The smallest absolute Gasteiger partial charge is 0.420 e. The fourth-order valence-electron chi connectivity index (χ4n) is 2.78. The van der Waals surface area contributed by atoms with E-state index in [1.807, 2.05) is 13.0 Å². The van der Waals surface area contributed by atoms with Crippen LogP contribution in [0.25, 0.3) is 11.1 Å². The molecule has 3 aromatic rings. The number of carbonyl (C=O) groups excluding carboxylic acids is 1. The van der Waals surface area contributed by atoms with Crippen LogP contribution in [0.5, 0.6) is 0 Å². The molecule has 2 heterocycles. The molecular weight excluding hydrogens is 336 g/mol. The van der Waals surface area contributed by atoms with Crippen molar-refractivity contribution in [3.05, 3.63) is 59.0 Å². The monoisotopic (exact) mass is 358 g/mol. The maximum absolute atomic E-state index is 12.8. The third-order valence-electron chi connectivity index (χ3n) is 4.07. The second-order valence-electron chi connectivity index (χ2n) is 5.87. The number of benzene rings is 1. The molecule has 0 spiro atoms. The van der Waals surface area contributed by atoms with Gasteiger partial charge in [-0.15, -0.1) is 0 Å². The Morgan fingerprint density at radius 3 is 2.85 bits per heavy atom. The van der Waals surface area contributed by atoms with E-state index in [4.69, 9.17) is 13.6 Å². The molecule has 3 rings (SSSR count). The summed E-state index contributed by atoms with van der Waals surface area (Å²) in [5.74, 6) is -0.0162. The van der Waals surface area contributed by atoms with Gasteiger partial charge >= 0.3 is 5.76 Å². The van der Waals surface area contributed by atoms with Crippen LogP contribution in [-0.2, 0) is 22.6 Å². The molecule has 0 unspecified atom stereocenters. The summed E-state index contributed by atoms with van der Waals surface area (Å²) < 4.78 is 17.3.